The van der Waals surface area contributed by atoms with Gasteiger partial charge in [0.2, 0.25) is 0 Å². The standard InChI is InChI=1S/C31H30NP/c1-21-26-20-27(31(26,2)3)24-18-19-28(32-30(21)24)25-16-10-11-17-29(25)33(22-12-6-4-7-13-22)23-14-8-5-9-15-23/h4-19,21,26-27H,20H2,1-3H3/t21-,26-,27+/m1/s1. The van der Waals surface area contributed by atoms with Crippen LogP contribution in [0.3, 0.4) is 0 Å². The van der Waals surface area contributed by atoms with Crippen LogP contribution in [-0.2, 0) is 0 Å². The quantitative estimate of drug-likeness (QED) is 0.315. The highest BCUT2D eigenvalue weighted by Crippen LogP contribution is 2.66. The lowest BCUT2D eigenvalue weighted by atomic mass is 9.45. The van der Waals surface area contributed by atoms with Crippen LogP contribution in [-0.4, -0.2) is 4.98 Å². The minimum atomic E-state index is -0.668. The summed E-state index contributed by atoms with van der Waals surface area (Å²) in [5.74, 6) is 1.94. The maximum atomic E-state index is 5.35. The summed E-state index contributed by atoms with van der Waals surface area (Å²) < 4.78 is 0. The second kappa shape index (κ2) is 7.93. The fourth-order valence-corrected chi connectivity index (χ4v) is 8.75. The molecule has 33 heavy (non-hydrogen) atoms. The number of hydrogen-bond donors (Lipinski definition) is 0. The Kier molecular flexibility index (Phi) is 5.00. The van der Waals surface area contributed by atoms with E-state index in [0.717, 1.165) is 11.6 Å². The van der Waals surface area contributed by atoms with E-state index in [1.807, 2.05) is 0 Å². The zero-order chi connectivity index (χ0) is 22.6. The van der Waals surface area contributed by atoms with E-state index in [-0.39, 0.29) is 0 Å². The zero-order valence-electron chi connectivity index (χ0n) is 19.6. The Morgan fingerprint density at radius 2 is 1.36 bits per heavy atom. The van der Waals surface area contributed by atoms with Crippen LogP contribution in [0.2, 0.25) is 0 Å². The highest BCUT2D eigenvalue weighted by molar-refractivity contribution is 7.80. The monoisotopic (exact) mass is 447 g/mol. The molecule has 0 unspecified atom stereocenters. The number of aromatic nitrogens is 1. The van der Waals surface area contributed by atoms with Crippen LogP contribution < -0.4 is 15.9 Å². The Balaban J connectivity index is 1.50. The molecule has 1 aromatic heterocycles. The number of nitrogens with zero attached hydrogens (tertiary/aromatic N) is 1. The maximum absolute atomic E-state index is 5.35. The lowest BCUT2D eigenvalue weighted by Gasteiger charge is -2.59. The summed E-state index contributed by atoms with van der Waals surface area (Å²) in [6.45, 7) is 7.28. The molecule has 2 bridgehead atoms. The van der Waals surface area contributed by atoms with E-state index in [4.69, 9.17) is 4.98 Å². The fraction of sp³-hybridized carbons (Fsp3) is 0.258. The molecule has 3 aromatic carbocycles. The summed E-state index contributed by atoms with van der Waals surface area (Å²) in [7, 11) is -0.668. The van der Waals surface area contributed by atoms with E-state index in [2.05, 4.69) is 118 Å². The summed E-state index contributed by atoms with van der Waals surface area (Å²) in [6.07, 6.45) is 1.33. The predicted molar refractivity (Wildman–Crippen MR) is 141 cm³/mol. The van der Waals surface area contributed by atoms with Crippen LogP contribution >= 0.6 is 7.92 Å². The molecule has 3 atom stereocenters. The Labute approximate surface area is 198 Å². The molecule has 3 aliphatic rings. The number of rotatable bonds is 4. The van der Waals surface area contributed by atoms with Crippen molar-refractivity contribution < 1.29 is 0 Å². The van der Waals surface area contributed by atoms with Gasteiger partial charge in [-0.15, -0.1) is 0 Å². The van der Waals surface area contributed by atoms with Crippen molar-refractivity contribution in [1.29, 1.82) is 0 Å². The molecule has 3 aliphatic carbocycles. The molecular formula is C31H30NP. The van der Waals surface area contributed by atoms with E-state index < -0.39 is 7.92 Å². The van der Waals surface area contributed by atoms with Gasteiger partial charge in [0, 0.05) is 17.2 Å². The Morgan fingerprint density at radius 1 is 0.758 bits per heavy atom. The van der Waals surface area contributed by atoms with Gasteiger partial charge in [-0.2, -0.15) is 0 Å². The minimum absolute atomic E-state index is 0.405. The van der Waals surface area contributed by atoms with Crippen molar-refractivity contribution in [2.75, 3.05) is 0 Å². The lowest BCUT2D eigenvalue weighted by Crippen LogP contribution is -2.50. The first-order valence-corrected chi connectivity index (χ1v) is 13.4. The predicted octanol–water partition coefficient (Wildman–Crippen LogP) is 6.75. The molecule has 0 amide bonds. The summed E-state index contributed by atoms with van der Waals surface area (Å²) in [6, 6.07) is 35.5. The van der Waals surface area contributed by atoms with Gasteiger partial charge in [0.15, 0.2) is 0 Å². The average molecular weight is 448 g/mol. The van der Waals surface area contributed by atoms with Crippen molar-refractivity contribution in [1.82, 2.24) is 4.98 Å². The lowest BCUT2D eigenvalue weighted by molar-refractivity contribution is -0.00270. The first-order chi connectivity index (χ1) is 16.1. The first-order valence-electron chi connectivity index (χ1n) is 12.1. The van der Waals surface area contributed by atoms with Gasteiger partial charge in [0.25, 0.3) is 0 Å². The maximum Gasteiger partial charge on any atom is 0.0712 e. The van der Waals surface area contributed by atoms with Gasteiger partial charge in [0.1, 0.15) is 0 Å². The van der Waals surface area contributed by atoms with Crippen molar-refractivity contribution in [2.45, 2.75) is 39.0 Å². The van der Waals surface area contributed by atoms with Crippen LogP contribution in [0.1, 0.15) is 50.3 Å². The van der Waals surface area contributed by atoms with Crippen molar-refractivity contribution >= 4 is 23.8 Å². The first kappa shape index (κ1) is 20.8. The second-order valence-electron chi connectivity index (χ2n) is 10.2. The number of hydrogen-bond acceptors (Lipinski definition) is 1. The Bertz CT molecular complexity index is 1260. The summed E-state index contributed by atoms with van der Waals surface area (Å²) in [4.78, 5) is 5.35. The normalized spacial score (nSPS) is 22.5. The van der Waals surface area contributed by atoms with Crippen LogP contribution in [0.15, 0.2) is 97.1 Å². The molecular weight excluding hydrogens is 417 g/mol. The third kappa shape index (κ3) is 3.29. The molecule has 0 spiro atoms. The minimum Gasteiger partial charge on any atom is -0.252 e. The Morgan fingerprint density at radius 3 is 2.00 bits per heavy atom. The van der Waals surface area contributed by atoms with Crippen LogP contribution in [0.4, 0.5) is 0 Å². The highest BCUT2D eigenvalue weighted by atomic mass is 31.1. The fourth-order valence-electron chi connectivity index (χ4n) is 6.29. The van der Waals surface area contributed by atoms with Crippen molar-refractivity contribution in [3.8, 4) is 11.3 Å². The summed E-state index contributed by atoms with van der Waals surface area (Å²) in [5, 5.41) is 4.13. The number of pyridine rings is 1. The van der Waals surface area contributed by atoms with Gasteiger partial charge >= 0.3 is 0 Å². The molecule has 164 valence electrons. The molecule has 1 fully saturated rings. The topological polar surface area (TPSA) is 12.9 Å². The third-order valence-electron chi connectivity index (χ3n) is 8.16. The zero-order valence-corrected chi connectivity index (χ0v) is 20.5. The van der Waals surface area contributed by atoms with Gasteiger partial charge in [-0.25, -0.2) is 0 Å². The van der Waals surface area contributed by atoms with Gasteiger partial charge in [-0.05, 0) is 59.1 Å². The van der Waals surface area contributed by atoms with E-state index >= 15 is 0 Å². The molecule has 7 rings (SSSR count). The van der Waals surface area contributed by atoms with E-state index in [9.17, 15) is 0 Å². The molecule has 0 N–H and O–H groups in total. The molecule has 1 nitrogen and oxygen atoms in total. The molecule has 4 aromatic rings. The number of benzene rings is 3. The van der Waals surface area contributed by atoms with Gasteiger partial charge in [-0.1, -0.05) is 112 Å². The largest absolute Gasteiger partial charge is 0.252 e. The van der Waals surface area contributed by atoms with E-state index in [1.54, 1.807) is 0 Å². The highest BCUT2D eigenvalue weighted by Gasteiger charge is 2.56. The van der Waals surface area contributed by atoms with Gasteiger partial charge < -0.3 is 0 Å². The van der Waals surface area contributed by atoms with Gasteiger partial charge in [-0.3, -0.25) is 4.98 Å². The van der Waals surface area contributed by atoms with Crippen molar-refractivity contribution in [2.24, 2.45) is 11.3 Å². The van der Waals surface area contributed by atoms with Gasteiger partial charge in [0.05, 0.1) is 5.69 Å². The Hall–Kier alpha value is -2.76. The molecule has 0 saturated heterocycles. The van der Waals surface area contributed by atoms with Crippen molar-refractivity contribution in [3.63, 3.8) is 0 Å². The van der Waals surface area contributed by atoms with Crippen molar-refractivity contribution in [3.05, 3.63) is 108 Å². The smallest absolute Gasteiger partial charge is 0.0712 e. The SMILES string of the molecule is C[C@H]1c2nc(-c3ccccc3P(c3ccccc3)c3ccccc3)ccc2[C@@H]2C[C@H]1C2(C)C. The molecule has 0 aliphatic heterocycles. The summed E-state index contributed by atoms with van der Waals surface area (Å²) >= 11 is 0. The average Bonchev–Trinajstić information content (AvgIpc) is 2.85. The molecule has 0 radical (unpaired) electrons. The van der Waals surface area contributed by atoms with Crippen LogP contribution in [0, 0.1) is 11.3 Å². The van der Waals surface area contributed by atoms with Crippen LogP contribution in [0.5, 0.6) is 0 Å². The molecule has 2 heteroatoms. The second-order valence-corrected chi connectivity index (χ2v) is 12.4. The van der Waals surface area contributed by atoms with E-state index in [1.165, 1.54) is 39.2 Å². The van der Waals surface area contributed by atoms with E-state index in [0.29, 0.717) is 17.3 Å². The van der Waals surface area contributed by atoms with Crippen LogP contribution in [0.25, 0.3) is 11.3 Å². The third-order valence-corrected chi connectivity index (χ3v) is 10.7. The molecule has 1 heterocycles. The summed E-state index contributed by atoms with van der Waals surface area (Å²) in [5.41, 5.74) is 5.62. The molecule has 1 saturated carbocycles.